The largest absolute Gasteiger partial charge is 0.381 e. The lowest BCUT2D eigenvalue weighted by atomic mass is 10.0. The molecule has 0 radical (unpaired) electrons. The second-order valence-electron chi connectivity index (χ2n) is 5.12. The van der Waals surface area contributed by atoms with Crippen molar-refractivity contribution < 1.29 is 9.47 Å². The molecule has 0 aromatic carbocycles. The van der Waals surface area contributed by atoms with Crippen molar-refractivity contribution in [2.24, 2.45) is 18.7 Å². The van der Waals surface area contributed by atoms with Crippen molar-refractivity contribution in [3.05, 3.63) is 18.0 Å². The van der Waals surface area contributed by atoms with Crippen LogP contribution in [0.4, 0.5) is 0 Å². The molecule has 5 nitrogen and oxygen atoms in total. The van der Waals surface area contributed by atoms with Gasteiger partial charge in [0.1, 0.15) is 6.10 Å². The Hall–Kier alpha value is -0.910. The van der Waals surface area contributed by atoms with Crippen molar-refractivity contribution in [1.82, 2.24) is 9.78 Å². The van der Waals surface area contributed by atoms with Crippen molar-refractivity contribution in [3.8, 4) is 0 Å². The van der Waals surface area contributed by atoms with E-state index in [0.29, 0.717) is 5.92 Å². The SMILES string of the molecule is CC(N)C(OCC1CCOCC1)c1cnn(C)c1. The van der Waals surface area contributed by atoms with Gasteiger partial charge >= 0.3 is 0 Å². The van der Waals surface area contributed by atoms with E-state index in [4.69, 9.17) is 15.2 Å². The standard InChI is InChI=1S/C13H23N3O2/c1-10(14)13(12-7-15-16(2)8-12)18-9-11-3-5-17-6-4-11/h7-8,10-11,13H,3-6,9,14H2,1-2H3. The van der Waals surface area contributed by atoms with E-state index in [-0.39, 0.29) is 12.1 Å². The highest BCUT2D eigenvalue weighted by molar-refractivity contribution is 5.10. The highest BCUT2D eigenvalue weighted by Crippen LogP contribution is 2.23. The van der Waals surface area contributed by atoms with E-state index in [9.17, 15) is 0 Å². The minimum atomic E-state index is -0.0680. The second-order valence-corrected chi connectivity index (χ2v) is 5.12. The van der Waals surface area contributed by atoms with Gasteiger partial charge in [0.05, 0.1) is 12.8 Å². The summed E-state index contributed by atoms with van der Waals surface area (Å²) in [5, 5.41) is 4.18. The van der Waals surface area contributed by atoms with E-state index in [1.807, 2.05) is 26.4 Å². The maximum absolute atomic E-state index is 6.01. The molecule has 2 rings (SSSR count). The summed E-state index contributed by atoms with van der Waals surface area (Å²) < 4.78 is 13.1. The topological polar surface area (TPSA) is 62.3 Å². The molecular formula is C13H23N3O2. The van der Waals surface area contributed by atoms with Gasteiger partial charge in [0.25, 0.3) is 0 Å². The summed E-state index contributed by atoms with van der Waals surface area (Å²) in [6.45, 7) is 4.43. The van der Waals surface area contributed by atoms with Crippen LogP contribution >= 0.6 is 0 Å². The number of aromatic nitrogens is 2. The van der Waals surface area contributed by atoms with Crippen LogP contribution in [0.1, 0.15) is 31.4 Å². The van der Waals surface area contributed by atoms with Crippen LogP contribution in [0.5, 0.6) is 0 Å². The maximum Gasteiger partial charge on any atom is 0.100 e. The van der Waals surface area contributed by atoms with Crippen LogP contribution in [0.15, 0.2) is 12.4 Å². The van der Waals surface area contributed by atoms with Crippen LogP contribution < -0.4 is 5.73 Å². The third kappa shape index (κ3) is 3.54. The first kappa shape index (κ1) is 13.5. The normalized spacial score (nSPS) is 20.8. The Morgan fingerprint density at radius 1 is 1.56 bits per heavy atom. The molecule has 18 heavy (non-hydrogen) atoms. The summed E-state index contributed by atoms with van der Waals surface area (Å²) in [5.41, 5.74) is 7.06. The molecule has 1 aromatic heterocycles. The lowest BCUT2D eigenvalue weighted by molar-refractivity contribution is -0.0187. The number of hydrogen-bond acceptors (Lipinski definition) is 4. The van der Waals surface area contributed by atoms with Gasteiger partial charge in [-0.2, -0.15) is 5.10 Å². The zero-order valence-corrected chi connectivity index (χ0v) is 11.2. The lowest BCUT2D eigenvalue weighted by Gasteiger charge is -2.26. The molecule has 2 unspecified atom stereocenters. The van der Waals surface area contributed by atoms with E-state index in [1.54, 1.807) is 4.68 Å². The fourth-order valence-electron chi connectivity index (χ4n) is 2.29. The van der Waals surface area contributed by atoms with Gasteiger partial charge in [0, 0.05) is 38.1 Å². The molecule has 5 heteroatoms. The number of hydrogen-bond donors (Lipinski definition) is 1. The van der Waals surface area contributed by atoms with Crippen molar-refractivity contribution in [3.63, 3.8) is 0 Å². The van der Waals surface area contributed by atoms with Gasteiger partial charge in [-0.15, -0.1) is 0 Å². The monoisotopic (exact) mass is 253 g/mol. The van der Waals surface area contributed by atoms with Gasteiger partial charge in [-0.3, -0.25) is 4.68 Å². The minimum Gasteiger partial charge on any atom is -0.381 e. The first-order valence-corrected chi connectivity index (χ1v) is 6.60. The zero-order chi connectivity index (χ0) is 13.0. The Balaban J connectivity index is 1.90. The van der Waals surface area contributed by atoms with Crippen LogP contribution in [0.25, 0.3) is 0 Å². The molecule has 102 valence electrons. The Bertz CT molecular complexity index is 359. The maximum atomic E-state index is 6.01. The molecule has 2 N–H and O–H groups in total. The van der Waals surface area contributed by atoms with Crippen LogP contribution in [0.2, 0.25) is 0 Å². The molecule has 0 bridgehead atoms. The molecule has 1 saturated heterocycles. The highest BCUT2D eigenvalue weighted by Gasteiger charge is 2.21. The van der Waals surface area contributed by atoms with Crippen LogP contribution in [-0.4, -0.2) is 35.6 Å². The summed E-state index contributed by atoms with van der Waals surface area (Å²) in [6.07, 6.45) is 5.90. The zero-order valence-electron chi connectivity index (χ0n) is 11.2. The number of ether oxygens (including phenoxy) is 2. The minimum absolute atomic E-state index is 0.0333. The van der Waals surface area contributed by atoms with Gasteiger partial charge in [0.15, 0.2) is 0 Å². The quantitative estimate of drug-likeness (QED) is 0.858. The van der Waals surface area contributed by atoms with E-state index < -0.39 is 0 Å². The highest BCUT2D eigenvalue weighted by atomic mass is 16.5. The molecule has 1 aromatic rings. The summed E-state index contributed by atoms with van der Waals surface area (Å²) in [7, 11) is 1.90. The van der Waals surface area contributed by atoms with Gasteiger partial charge in [0.2, 0.25) is 0 Å². The smallest absolute Gasteiger partial charge is 0.100 e. The number of nitrogens with two attached hydrogens (primary N) is 1. The van der Waals surface area contributed by atoms with Gasteiger partial charge in [-0.05, 0) is 25.7 Å². The number of rotatable bonds is 5. The summed E-state index contributed by atoms with van der Waals surface area (Å²) in [5.74, 6) is 0.594. The fourth-order valence-corrected chi connectivity index (χ4v) is 2.29. The Labute approximate surface area is 108 Å². The van der Waals surface area contributed by atoms with Gasteiger partial charge in [-0.25, -0.2) is 0 Å². The molecule has 1 aliphatic rings. The average molecular weight is 253 g/mol. The second kappa shape index (κ2) is 6.31. The molecule has 2 atom stereocenters. The average Bonchev–Trinajstić information content (AvgIpc) is 2.77. The van der Waals surface area contributed by atoms with Crippen molar-refractivity contribution >= 4 is 0 Å². The molecular weight excluding hydrogens is 230 g/mol. The summed E-state index contributed by atoms with van der Waals surface area (Å²) in [4.78, 5) is 0. The van der Waals surface area contributed by atoms with Gasteiger partial charge < -0.3 is 15.2 Å². The predicted molar refractivity (Wildman–Crippen MR) is 69.1 cm³/mol. The predicted octanol–water partition coefficient (Wildman–Crippen LogP) is 1.25. The van der Waals surface area contributed by atoms with Crippen molar-refractivity contribution in [2.75, 3.05) is 19.8 Å². The van der Waals surface area contributed by atoms with Gasteiger partial charge in [-0.1, -0.05) is 0 Å². The van der Waals surface area contributed by atoms with E-state index >= 15 is 0 Å². The van der Waals surface area contributed by atoms with E-state index in [1.165, 1.54) is 0 Å². The molecule has 0 aliphatic carbocycles. The third-order valence-electron chi connectivity index (χ3n) is 3.38. The Morgan fingerprint density at radius 3 is 2.83 bits per heavy atom. The fraction of sp³-hybridized carbons (Fsp3) is 0.769. The molecule has 1 fully saturated rings. The van der Waals surface area contributed by atoms with E-state index in [0.717, 1.165) is 38.2 Å². The third-order valence-corrected chi connectivity index (χ3v) is 3.38. The van der Waals surface area contributed by atoms with Crippen molar-refractivity contribution in [1.29, 1.82) is 0 Å². The molecule has 0 saturated carbocycles. The van der Waals surface area contributed by atoms with Crippen LogP contribution in [0, 0.1) is 5.92 Å². The van der Waals surface area contributed by atoms with Crippen LogP contribution in [-0.2, 0) is 16.5 Å². The Morgan fingerprint density at radius 2 is 2.28 bits per heavy atom. The first-order valence-electron chi connectivity index (χ1n) is 6.60. The molecule has 0 amide bonds. The van der Waals surface area contributed by atoms with Crippen molar-refractivity contribution in [2.45, 2.75) is 31.9 Å². The Kier molecular flexibility index (Phi) is 4.74. The number of nitrogens with zero attached hydrogens (tertiary/aromatic N) is 2. The molecule has 2 heterocycles. The first-order chi connectivity index (χ1) is 8.66. The lowest BCUT2D eigenvalue weighted by Crippen LogP contribution is -2.29. The van der Waals surface area contributed by atoms with Crippen LogP contribution in [0.3, 0.4) is 0 Å². The molecule has 1 aliphatic heterocycles. The van der Waals surface area contributed by atoms with E-state index in [2.05, 4.69) is 5.10 Å². The molecule has 0 spiro atoms. The summed E-state index contributed by atoms with van der Waals surface area (Å²) >= 11 is 0. The number of aryl methyl sites for hydroxylation is 1. The summed E-state index contributed by atoms with van der Waals surface area (Å²) in [6, 6.07) is -0.0333.